The number of halogens is 3. The molecule has 4 nitrogen and oxygen atoms in total. The van der Waals surface area contributed by atoms with Gasteiger partial charge in [-0.25, -0.2) is 0 Å². The number of benzene rings is 1. The Bertz CT molecular complexity index is 777. The first-order valence-electron chi connectivity index (χ1n) is 5.73. The van der Waals surface area contributed by atoms with Crippen molar-refractivity contribution in [1.82, 2.24) is 14.6 Å². The number of hydrogen-bond donors (Lipinski definition) is 1. The number of fused-ring (bicyclic) bond motifs is 1. The van der Waals surface area contributed by atoms with Crippen LogP contribution in [0.3, 0.4) is 0 Å². The molecule has 0 spiro atoms. The number of rotatable bonds is 1. The molecule has 0 amide bonds. The average molecular weight is 278 g/mol. The molecule has 3 rings (SSSR count). The highest BCUT2D eigenvalue weighted by Gasteiger charge is 2.31. The number of nitrogens with zero attached hydrogens (tertiary/aromatic N) is 3. The molecule has 0 radical (unpaired) electrons. The molecule has 0 saturated heterocycles. The quantitative estimate of drug-likeness (QED) is 0.696. The maximum absolute atomic E-state index is 12.7. The molecule has 0 fully saturated rings. The summed E-state index contributed by atoms with van der Waals surface area (Å²) in [5, 5.41) is 7.77. The molecule has 0 bridgehead atoms. The number of hydrogen-bond acceptors (Lipinski definition) is 3. The average Bonchev–Trinajstić information content (AvgIpc) is 2.80. The van der Waals surface area contributed by atoms with Gasteiger partial charge < -0.3 is 5.73 Å². The van der Waals surface area contributed by atoms with Crippen molar-refractivity contribution in [3.63, 3.8) is 0 Å². The predicted octanol–water partition coefficient (Wildman–Crippen LogP) is 3.00. The maximum Gasteiger partial charge on any atom is 0.417 e. The number of aromatic nitrogens is 3. The Labute approximate surface area is 111 Å². The van der Waals surface area contributed by atoms with E-state index in [-0.39, 0.29) is 0 Å². The first kappa shape index (κ1) is 12.5. The summed E-state index contributed by atoms with van der Waals surface area (Å²) < 4.78 is 39.5. The van der Waals surface area contributed by atoms with Crippen LogP contribution in [-0.2, 0) is 6.18 Å². The predicted molar refractivity (Wildman–Crippen MR) is 67.8 cm³/mol. The molecule has 0 aliphatic rings. The van der Waals surface area contributed by atoms with Gasteiger partial charge in [-0.3, -0.25) is 4.40 Å². The molecule has 1 aromatic carbocycles. The lowest BCUT2D eigenvalue weighted by Crippen LogP contribution is -2.06. The number of anilines is 1. The zero-order valence-corrected chi connectivity index (χ0v) is 10.1. The van der Waals surface area contributed by atoms with Gasteiger partial charge in [-0.15, -0.1) is 10.2 Å². The fraction of sp³-hybridized carbons (Fsp3) is 0.0769. The molecule has 0 aliphatic carbocycles. The second-order valence-electron chi connectivity index (χ2n) is 4.29. The van der Waals surface area contributed by atoms with E-state index in [1.54, 1.807) is 24.3 Å². The van der Waals surface area contributed by atoms with E-state index in [2.05, 4.69) is 10.2 Å². The van der Waals surface area contributed by atoms with Crippen molar-refractivity contribution < 1.29 is 13.2 Å². The van der Waals surface area contributed by atoms with Crippen LogP contribution >= 0.6 is 0 Å². The van der Waals surface area contributed by atoms with Gasteiger partial charge >= 0.3 is 6.18 Å². The topological polar surface area (TPSA) is 56.2 Å². The highest BCUT2D eigenvalue weighted by molar-refractivity contribution is 5.63. The minimum Gasteiger partial charge on any atom is -0.399 e. The third-order valence-electron chi connectivity index (χ3n) is 2.87. The van der Waals surface area contributed by atoms with Crippen LogP contribution in [0.25, 0.3) is 17.0 Å². The second kappa shape index (κ2) is 4.22. The van der Waals surface area contributed by atoms with Gasteiger partial charge in [0.15, 0.2) is 11.5 Å². The van der Waals surface area contributed by atoms with Crippen molar-refractivity contribution in [1.29, 1.82) is 0 Å². The van der Waals surface area contributed by atoms with Crippen molar-refractivity contribution in [3.05, 3.63) is 48.2 Å². The first-order valence-corrected chi connectivity index (χ1v) is 5.73. The third-order valence-corrected chi connectivity index (χ3v) is 2.87. The van der Waals surface area contributed by atoms with Gasteiger partial charge in [0.05, 0.1) is 5.56 Å². The maximum atomic E-state index is 12.7. The largest absolute Gasteiger partial charge is 0.417 e. The van der Waals surface area contributed by atoms with Gasteiger partial charge in [-0.1, -0.05) is 12.1 Å². The van der Waals surface area contributed by atoms with Gasteiger partial charge in [0, 0.05) is 17.4 Å². The number of nitrogen functional groups attached to an aromatic ring is 1. The van der Waals surface area contributed by atoms with Gasteiger partial charge in [-0.05, 0) is 24.3 Å². The minimum absolute atomic E-state index is 0.318. The molecule has 0 unspecified atom stereocenters. The molecule has 2 aromatic heterocycles. The van der Waals surface area contributed by atoms with Crippen LogP contribution in [0.1, 0.15) is 5.56 Å². The van der Waals surface area contributed by atoms with Gasteiger partial charge in [0.2, 0.25) is 0 Å². The summed E-state index contributed by atoms with van der Waals surface area (Å²) >= 11 is 0. The lowest BCUT2D eigenvalue weighted by Gasteiger charge is -2.07. The fourth-order valence-electron chi connectivity index (χ4n) is 1.93. The Morgan fingerprint density at radius 3 is 2.55 bits per heavy atom. The van der Waals surface area contributed by atoms with E-state index in [4.69, 9.17) is 5.73 Å². The molecular weight excluding hydrogens is 269 g/mol. The lowest BCUT2D eigenvalue weighted by atomic mass is 10.2. The Morgan fingerprint density at radius 1 is 1.05 bits per heavy atom. The molecule has 2 N–H and O–H groups in total. The molecule has 0 saturated carbocycles. The van der Waals surface area contributed by atoms with Crippen LogP contribution in [0.15, 0.2) is 42.6 Å². The molecule has 7 heteroatoms. The third kappa shape index (κ3) is 2.07. The Hall–Kier alpha value is -2.57. The summed E-state index contributed by atoms with van der Waals surface area (Å²) in [6, 6.07) is 9.01. The van der Waals surface area contributed by atoms with E-state index in [0.29, 0.717) is 22.7 Å². The summed E-state index contributed by atoms with van der Waals surface area (Å²) in [6.45, 7) is 0. The summed E-state index contributed by atoms with van der Waals surface area (Å²) in [7, 11) is 0. The van der Waals surface area contributed by atoms with E-state index in [0.717, 1.165) is 12.3 Å². The monoisotopic (exact) mass is 278 g/mol. The Kier molecular flexibility index (Phi) is 2.63. The van der Waals surface area contributed by atoms with E-state index in [1.807, 2.05) is 0 Å². The van der Waals surface area contributed by atoms with E-state index >= 15 is 0 Å². The number of pyridine rings is 1. The fourth-order valence-corrected chi connectivity index (χ4v) is 1.93. The summed E-state index contributed by atoms with van der Waals surface area (Å²) in [5.41, 5.74) is 6.37. The van der Waals surface area contributed by atoms with E-state index in [9.17, 15) is 13.2 Å². The molecule has 102 valence electrons. The molecule has 2 heterocycles. The molecule has 0 atom stereocenters. The van der Waals surface area contributed by atoms with Crippen LogP contribution in [-0.4, -0.2) is 14.6 Å². The molecular formula is C13H9F3N4. The molecule has 0 aliphatic heterocycles. The number of alkyl halides is 3. The lowest BCUT2D eigenvalue weighted by molar-refractivity contribution is -0.137. The van der Waals surface area contributed by atoms with Crippen LogP contribution < -0.4 is 5.73 Å². The van der Waals surface area contributed by atoms with Crippen LogP contribution in [0.5, 0.6) is 0 Å². The van der Waals surface area contributed by atoms with Crippen LogP contribution in [0, 0.1) is 0 Å². The first-order chi connectivity index (χ1) is 9.45. The van der Waals surface area contributed by atoms with Crippen LogP contribution in [0.4, 0.5) is 18.9 Å². The van der Waals surface area contributed by atoms with E-state index < -0.39 is 11.7 Å². The van der Waals surface area contributed by atoms with Crippen molar-refractivity contribution in [2.45, 2.75) is 6.18 Å². The smallest absolute Gasteiger partial charge is 0.399 e. The standard InChI is InChI=1S/C13H9F3N4/c14-13(15,16)9-4-5-11-18-19-12(20(11)7-9)8-2-1-3-10(17)6-8/h1-7H,17H2. The summed E-state index contributed by atoms with van der Waals surface area (Å²) in [4.78, 5) is 0. The summed E-state index contributed by atoms with van der Waals surface area (Å²) in [6.07, 6.45) is -3.43. The van der Waals surface area contributed by atoms with Crippen molar-refractivity contribution in [3.8, 4) is 11.4 Å². The Morgan fingerprint density at radius 2 is 1.85 bits per heavy atom. The van der Waals surface area contributed by atoms with Crippen molar-refractivity contribution >= 4 is 11.3 Å². The van der Waals surface area contributed by atoms with Crippen LogP contribution in [0.2, 0.25) is 0 Å². The van der Waals surface area contributed by atoms with E-state index in [1.165, 1.54) is 10.5 Å². The summed E-state index contributed by atoms with van der Waals surface area (Å²) in [5.74, 6) is 0.318. The van der Waals surface area contributed by atoms with Gasteiger partial charge in [0.1, 0.15) is 0 Å². The highest BCUT2D eigenvalue weighted by Crippen LogP contribution is 2.30. The van der Waals surface area contributed by atoms with Crippen molar-refractivity contribution in [2.75, 3.05) is 5.73 Å². The van der Waals surface area contributed by atoms with Gasteiger partial charge in [0.25, 0.3) is 0 Å². The van der Waals surface area contributed by atoms with Gasteiger partial charge in [-0.2, -0.15) is 13.2 Å². The van der Waals surface area contributed by atoms with Crippen molar-refractivity contribution in [2.24, 2.45) is 0 Å². The zero-order chi connectivity index (χ0) is 14.3. The minimum atomic E-state index is -4.41. The normalized spacial score (nSPS) is 11.9. The number of nitrogens with two attached hydrogens (primary N) is 1. The molecule has 20 heavy (non-hydrogen) atoms. The molecule has 3 aromatic rings. The zero-order valence-electron chi connectivity index (χ0n) is 10.1. The SMILES string of the molecule is Nc1cccc(-c2nnc3ccc(C(F)(F)F)cn23)c1. The Balaban J connectivity index is 2.22. The second-order valence-corrected chi connectivity index (χ2v) is 4.29. The highest BCUT2D eigenvalue weighted by atomic mass is 19.4.